The van der Waals surface area contributed by atoms with Crippen LogP contribution < -0.4 is 4.74 Å². The number of fused-ring (bicyclic) bond motifs is 1. The molecule has 0 bridgehead atoms. The smallest absolute Gasteiger partial charge is 0.160 e. The highest BCUT2D eigenvalue weighted by Crippen LogP contribution is 2.50. The number of phenolic OH excluding ortho intramolecular Hbond substituents is 1. The van der Waals surface area contributed by atoms with Crippen molar-refractivity contribution in [2.45, 2.75) is 50.3 Å². The fourth-order valence-corrected chi connectivity index (χ4v) is 5.11. The molecule has 2 aromatic carbocycles. The molecule has 0 amide bonds. The number of rotatable bonds is 4. The van der Waals surface area contributed by atoms with Crippen LogP contribution >= 0.6 is 0 Å². The van der Waals surface area contributed by atoms with Gasteiger partial charge < -0.3 is 14.9 Å². The van der Waals surface area contributed by atoms with Crippen LogP contribution in [0.2, 0.25) is 0 Å². The number of aromatic hydroxyl groups is 1. The summed E-state index contributed by atoms with van der Waals surface area (Å²) in [6.45, 7) is 1.37. The zero-order valence-electron chi connectivity index (χ0n) is 16.3. The molecule has 1 aliphatic carbocycles. The van der Waals surface area contributed by atoms with Gasteiger partial charge in [-0.05, 0) is 54.7 Å². The maximum Gasteiger partial charge on any atom is 0.160 e. The van der Waals surface area contributed by atoms with Crippen LogP contribution in [-0.2, 0) is 6.54 Å². The molecule has 0 spiro atoms. The Balaban J connectivity index is 1.72. The fourth-order valence-electron chi connectivity index (χ4n) is 5.11. The molecule has 2 fully saturated rings. The molecule has 1 saturated carbocycles. The van der Waals surface area contributed by atoms with E-state index < -0.39 is 5.60 Å². The monoisotopic (exact) mass is 385 g/mol. The summed E-state index contributed by atoms with van der Waals surface area (Å²) in [5.74, 6) is 0.426. The molecule has 0 radical (unpaired) electrons. The van der Waals surface area contributed by atoms with Crippen molar-refractivity contribution in [3.05, 3.63) is 59.4 Å². The number of ether oxygens (including phenoxy) is 1. The largest absolute Gasteiger partial charge is 0.504 e. The van der Waals surface area contributed by atoms with Crippen LogP contribution in [0.25, 0.3) is 0 Å². The van der Waals surface area contributed by atoms with Crippen LogP contribution in [0.3, 0.4) is 0 Å². The number of likely N-dealkylation sites (tertiary alicyclic amines) is 1. The van der Waals surface area contributed by atoms with Gasteiger partial charge in [0.05, 0.1) is 12.7 Å². The lowest BCUT2D eigenvalue weighted by atomic mass is 9.66. The molecule has 1 aliphatic heterocycles. The van der Waals surface area contributed by atoms with Crippen LogP contribution in [0.4, 0.5) is 4.39 Å². The molecule has 4 nitrogen and oxygen atoms in total. The lowest BCUT2D eigenvalue weighted by Gasteiger charge is -2.52. The van der Waals surface area contributed by atoms with Crippen LogP contribution in [0.1, 0.15) is 49.3 Å². The van der Waals surface area contributed by atoms with Gasteiger partial charge in [0, 0.05) is 25.0 Å². The van der Waals surface area contributed by atoms with E-state index in [1.165, 1.54) is 6.07 Å². The molecule has 1 heterocycles. The first-order chi connectivity index (χ1) is 13.5. The molecule has 0 aromatic heterocycles. The van der Waals surface area contributed by atoms with Crippen molar-refractivity contribution in [2.75, 3.05) is 13.7 Å². The van der Waals surface area contributed by atoms with E-state index in [0.29, 0.717) is 12.3 Å². The van der Waals surface area contributed by atoms with Gasteiger partial charge in [-0.25, -0.2) is 4.39 Å². The van der Waals surface area contributed by atoms with Gasteiger partial charge in [-0.2, -0.15) is 0 Å². The lowest BCUT2D eigenvalue weighted by Crippen LogP contribution is -2.54. The minimum absolute atomic E-state index is 0.00295. The molecule has 150 valence electrons. The molecule has 3 atom stereocenters. The summed E-state index contributed by atoms with van der Waals surface area (Å²) in [6, 6.07) is 12.2. The Morgan fingerprint density at radius 2 is 2.04 bits per heavy atom. The Kier molecular flexibility index (Phi) is 5.30. The molecule has 4 rings (SSSR count). The SMILES string of the molecule is COc1cc([C@H]2[C@@H]3CCCC[C@]3(O)CCN2Cc2cccc(F)c2)ccc1O. The van der Waals surface area contributed by atoms with Gasteiger partial charge >= 0.3 is 0 Å². The summed E-state index contributed by atoms with van der Waals surface area (Å²) in [4.78, 5) is 2.34. The number of hydrogen-bond acceptors (Lipinski definition) is 4. The van der Waals surface area contributed by atoms with Gasteiger partial charge in [-0.3, -0.25) is 4.90 Å². The second-order valence-corrected chi connectivity index (χ2v) is 8.18. The number of nitrogens with zero attached hydrogens (tertiary/aromatic N) is 1. The maximum atomic E-state index is 13.7. The van der Waals surface area contributed by atoms with Crippen molar-refractivity contribution in [2.24, 2.45) is 5.92 Å². The number of benzene rings is 2. The number of phenols is 1. The predicted molar refractivity (Wildman–Crippen MR) is 106 cm³/mol. The van der Waals surface area contributed by atoms with E-state index in [1.807, 2.05) is 18.2 Å². The van der Waals surface area contributed by atoms with Gasteiger partial charge in [0.1, 0.15) is 5.82 Å². The fraction of sp³-hybridized carbons (Fsp3) is 0.478. The van der Waals surface area contributed by atoms with E-state index in [2.05, 4.69) is 4.90 Å². The second kappa shape index (κ2) is 7.72. The standard InChI is InChI=1S/C23H28FNO3/c1-28-21-14-17(8-9-20(21)26)22-19-7-2-3-10-23(19,27)11-12-25(22)15-16-5-4-6-18(24)13-16/h4-6,8-9,13-14,19,22,26-27H,2-3,7,10-12,15H2,1H3/t19-,22-,23-/m0/s1. The Labute approximate surface area is 165 Å². The summed E-state index contributed by atoms with van der Waals surface area (Å²) in [5.41, 5.74) is 1.29. The van der Waals surface area contributed by atoms with Crippen LogP contribution in [0.15, 0.2) is 42.5 Å². The lowest BCUT2D eigenvalue weighted by molar-refractivity contribution is -0.126. The third-order valence-electron chi connectivity index (χ3n) is 6.49. The van der Waals surface area contributed by atoms with Crippen LogP contribution in [0.5, 0.6) is 11.5 Å². The van der Waals surface area contributed by atoms with Crippen molar-refractivity contribution in [1.82, 2.24) is 4.90 Å². The Hall–Kier alpha value is -2.11. The first-order valence-electron chi connectivity index (χ1n) is 10.1. The highest BCUT2D eigenvalue weighted by atomic mass is 19.1. The number of aliphatic hydroxyl groups is 1. The molecule has 0 unspecified atom stereocenters. The third-order valence-corrected chi connectivity index (χ3v) is 6.49. The second-order valence-electron chi connectivity index (χ2n) is 8.18. The minimum Gasteiger partial charge on any atom is -0.504 e. The number of methoxy groups -OCH3 is 1. The van der Waals surface area contributed by atoms with Gasteiger partial charge in [-0.15, -0.1) is 0 Å². The summed E-state index contributed by atoms with van der Waals surface area (Å²) in [7, 11) is 1.54. The molecule has 1 saturated heterocycles. The highest BCUT2D eigenvalue weighted by Gasteiger charge is 2.48. The van der Waals surface area contributed by atoms with Crippen molar-refractivity contribution in [1.29, 1.82) is 0 Å². The van der Waals surface area contributed by atoms with Crippen molar-refractivity contribution in [3.63, 3.8) is 0 Å². The molecule has 2 N–H and O–H groups in total. The van der Waals surface area contributed by atoms with E-state index in [4.69, 9.17) is 4.74 Å². The van der Waals surface area contributed by atoms with Crippen LogP contribution in [-0.4, -0.2) is 34.4 Å². The molecule has 2 aliphatic rings. The normalized spacial score (nSPS) is 28.0. The third kappa shape index (κ3) is 3.61. The quantitative estimate of drug-likeness (QED) is 0.819. The summed E-state index contributed by atoms with van der Waals surface area (Å²) < 4.78 is 19.0. The average Bonchev–Trinajstić information content (AvgIpc) is 2.69. The van der Waals surface area contributed by atoms with Crippen molar-refractivity contribution < 1.29 is 19.3 Å². The Bertz CT molecular complexity index is 842. The number of piperidine rings is 1. The molecular formula is C23H28FNO3. The average molecular weight is 385 g/mol. The predicted octanol–water partition coefficient (Wildman–Crippen LogP) is 4.41. The van der Waals surface area contributed by atoms with Crippen molar-refractivity contribution >= 4 is 0 Å². The zero-order valence-corrected chi connectivity index (χ0v) is 16.3. The minimum atomic E-state index is -0.660. The van der Waals surface area contributed by atoms with Gasteiger partial charge in [0.25, 0.3) is 0 Å². The first kappa shape index (κ1) is 19.2. The van der Waals surface area contributed by atoms with E-state index in [0.717, 1.165) is 49.8 Å². The molecule has 2 aromatic rings. The Morgan fingerprint density at radius 3 is 2.82 bits per heavy atom. The topological polar surface area (TPSA) is 52.9 Å². The van der Waals surface area contributed by atoms with E-state index in [-0.39, 0.29) is 23.5 Å². The van der Waals surface area contributed by atoms with E-state index >= 15 is 0 Å². The maximum absolute atomic E-state index is 13.7. The first-order valence-corrected chi connectivity index (χ1v) is 10.1. The summed E-state index contributed by atoms with van der Waals surface area (Å²) >= 11 is 0. The van der Waals surface area contributed by atoms with Gasteiger partial charge in [0.15, 0.2) is 11.5 Å². The number of halogens is 1. The highest BCUT2D eigenvalue weighted by molar-refractivity contribution is 5.43. The van der Waals surface area contributed by atoms with Crippen LogP contribution in [0, 0.1) is 11.7 Å². The number of hydrogen-bond donors (Lipinski definition) is 2. The zero-order chi connectivity index (χ0) is 19.7. The van der Waals surface area contributed by atoms with Gasteiger partial charge in [-0.1, -0.05) is 31.0 Å². The summed E-state index contributed by atoms with van der Waals surface area (Å²) in [5, 5.41) is 21.4. The van der Waals surface area contributed by atoms with E-state index in [9.17, 15) is 14.6 Å². The Morgan fingerprint density at radius 1 is 1.18 bits per heavy atom. The molecular weight excluding hydrogens is 357 g/mol. The molecule has 5 heteroatoms. The molecule has 28 heavy (non-hydrogen) atoms. The van der Waals surface area contributed by atoms with Crippen molar-refractivity contribution in [3.8, 4) is 11.5 Å². The summed E-state index contributed by atoms with van der Waals surface area (Å²) in [6.07, 6.45) is 4.69. The van der Waals surface area contributed by atoms with E-state index in [1.54, 1.807) is 25.3 Å². The van der Waals surface area contributed by atoms with Gasteiger partial charge in [0.2, 0.25) is 0 Å².